The van der Waals surface area contributed by atoms with Gasteiger partial charge >= 0.3 is 188 Å². The van der Waals surface area contributed by atoms with Gasteiger partial charge in [-0.2, -0.15) is 0 Å². The fourth-order valence-electron chi connectivity index (χ4n) is 3.11. The number of methoxy groups -OCH3 is 2. The molecule has 0 aliphatic rings. The average molecular weight is 537 g/mol. The van der Waals surface area contributed by atoms with Gasteiger partial charge in [-0.3, -0.25) is 0 Å². The van der Waals surface area contributed by atoms with Crippen molar-refractivity contribution in [3.63, 3.8) is 0 Å². The number of carbonyl (C=O) groups excluding carboxylic acids is 2. The van der Waals surface area contributed by atoms with Gasteiger partial charge in [0.2, 0.25) is 0 Å². The van der Waals surface area contributed by atoms with Gasteiger partial charge in [0, 0.05) is 0 Å². The Hall–Kier alpha value is -2.36. The molecule has 0 bridgehead atoms. The summed E-state index contributed by atoms with van der Waals surface area (Å²) in [5.74, 6) is -0.782. The first-order valence-corrected chi connectivity index (χ1v) is 16.8. The number of unbranched alkanes of at least 4 members (excludes halogenated alkanes) is 2. The zero-order valence-corrected chi connectivity index (χ0v) is 21.4. The molecule has 31 heavy (non-hydrogen) atoms. The van der Waals surface area contributed by atoms with Crippen molar-refractivity contribution >= 4 is 31.1 Å². The molecule has 0 radical (unpaired) electrons. The van der Waals surface area contributed by atoms with E-state index in [0.717, 1.165) is 25.7 Å². The van der Waals surface area contributed by atoms with E-state index in [0.29, 0.717) is 8.87 Å². The van der Waals surface area contributed by atoms with Gasteiger partial charge in [-0.05, 0) is 0 Å². The SMILES string of the molecule is CCC[CH2][Sn]([CH2]CCC)([O]C(=O)c1cccnc1OC)[O]C(=O)c1cccnc1OC. The maximum atomic E-state index is 13.1. The predicted molar refractivity (Wildman–Crippen MR) is 118 cm³/mol. The molecule has 9 heteroatoms. The van der Waals surface area contributed by atoms with E-state index in [-0.39, 0.29) is 22.9 Å². The summed E-state index contributed by atoms with van der Waals surface area (Å²) in [4.78, 5) is 34.3. The minimum atomic E-state index is -4.21. The molecule has 0 fully saturated rings. The van der Waals surface area contributed by atoms with Crippen LogP contribution in [0.4, 0.5) is 0 Å². The molecule has 0 N–H and O–H groups in total. The van der Waals surface area contributed by atoms with Crippen LogP contribution >= 0.6 is 0 Å². The summed E-state index contributed by atoms with van der Waals surface area (Å²) in [7, 11) is 2.89. The Morgan fingerprint density at radius 3 is 1.58 bits per heavy atom. The van der Waals surface area contributed by atoms with Crippen LogP contribution < -0.4 is 9.47 Å². The van der Waals surface area contributed by atoms with Crippen LogP contribution in [0.1, 0.15) is 60.2 Å². The van der Waals surface area contributed by atoms with Crippen LogP contribution in [0.2, 0.25) is 8.87 Å². The molecule has 168 valence electrons. The topological polar surface area (TPSA) is 96.8 Å². The monoisotopic (exact) mass is 538 g/mol. The molecule has 2 heterocycles. The molecular formula is C22H30N2O6Sn. The number of hydrogen-bond donors (Lipinski definition) is 0. The summed E-state index contributed by atoms with van der Waals surface area (Å²) in [6.45, 7) is 4.10. The number of rotatable bonds is 12. The molecule has 8 nitrogen and oxygen atoms in total. The van der Waals surface area contributed by atoms with E-state index in [2.05, 4.69) is 9.97 Å². The number of pyridine rings is 2. The molecule has 0 aliphatic carbocycles. The zero-order chi connectivity index (χ0) is 22.7. The molecule has 0 aliphatic heterocycles. The number of hydrogen-bond acceptors (Lipinski definition) is 8. The summed E-state index contributed by atoms with van der Waals surface area (Å²) in [6.07, 6.45) is 6.46. The van der Waals surface area contributed by atoms with Gasteiger partial charge < -0.3 is 0 Å². The molecule has 0 atom stereocenters. The summed E-state index contributed by atoms with van der Waals surface area (Å²) in [6, 6.07) is 6.47. The van der Waals surface area contributed by atoms with E-state index in [4.69, 9.17) is 15.6 Å². The summed E-state index contributed by atoms with van der Waals surface area (Å²) < 4.78 is 23.7. The van der Waals surface area contributed by atoms with Crippen molar-refractivity contribution < 1.29 is 25.2 Å². The standard InChI is InChI=1S/2C7H7NO3.2C4H9.Sn/c2*1-11-6-5(7(9)10)3-2-4-8-6;2*1-3-4-2;/h2*2-4H,1H3,(H,9,10);2*1,3-4H2,2H3;/q;;;;+2/p-2. The molecular weight excluding hydrogens is 507 g/mol. The third kappa shape index (κ3) is 6.81. The number of carbonyl (C=O) groups is 2. The molecule has 0 spiro atoms. The Labute approximate surface area is 188 Å². The first-order valence-electron chi connectivity index (χ1n) is 10.4. The van der Waals surface area contributed by atoms with Crippen molar-refractivity contribution in [1.29, 1.82) is 0 Å². The summed E-state index contributed by atoms with van der Waals surface area (Å²) in [5, 5.41) is 0. The second-order valence-electron chi connectivity index (χ2n) is 7.02. The van der Waals surface area contributed by atoms with Crippen LogP contribution in [0.3, 0.4) is 0 Å². The van der Waals surface area contributed by atoms with Gasteiger partial charge in [0.1, 0.15) is 0 Å². The van der Waals surface area contributed by atoms with Gasteiger partial charge in [0.15, 0.2) is 0 Å². The van der Waals surface area contributed by atoms with E-state index < -0.39 is 31.1 Å². The molecule has 2 aromatic heterocycles. The van der Waals surface area contributed by atoms with Crippen LogP contribution in [0.5, 0.6) is 11.8 Å². The summed E-state index contributed by atoms with van der Waals surface area (Å²) in [5.41, 5.74) is 0.433. The zero-order valence-electron chi connectivity index (χ0n) is 18.6. The van der Waals surface area contributed by atoms with Crippen molar-refractivity contribution in [2.45, 2.75) is 48.4 Å². The Bertz CT molecular complexity index is 805. The first kappa shape index (κ1) is 24.9. The molecule has 2 aromatic rings. The number of aromatic nitrogens is 2. The van der Waals surface area contributed by atoms with Crippen molar-refractivity contribution in [2.24, 2.45) is 0 Å². The second kappa shape index (κ2) is 12.5. The van der Waals surface area contributed by atoms with Crippen LogP contribution in [0.25, 0.3) is 0 Å². The molecule has 0 saturated carbocycles. The third-order valence-corrected chi connectivity index (χ3v) is 14.3. The van der Waals surface area contributed by atoms with E-state index in [1.807, 2.05) is 13.8 Å². The molecule has 0 unspecified atom stereocenters. The Morgan fingerprint density at radius 1 is 0.806 bits per heavy atom. The van der Waals surface area contributed by atoms with E-state index >= 15 is 0 Å². The van der Waals surface area contributed by atoms with Crippen LogP contribution in [0.15, 0.2) is 36.7 Å². The van der Waals surface area contributed by atoms with Gasteiger partial charge in [-0.1, -0.05) is 0 Å². The van der Waals surface area contributed by atoms with Gasteiger partial charge in [-0.25, -0.2) is 0 Å². The molecule has 2 rings (SSSR count). The number of ether oxygens (including phenoxy) is 2. The Balaban J connectivity index is 2.39. The Kier molecular flexibility index (Phi) is 10.0. The van der Waals surface area contributed by atoms with Crippen molar-refractivity contribution in [3.05, 3.63) is 47.8 Å². The van der Waals surface area contributed by atoms with Crippen molar-refractivity contribution in [1.82, 2.24) is 9.97 Å². The maximum absolute atomic E-state index is 13.1. The summed E-state index contributed by atoms with van der Waals surface area (Å²) >= 11 is -4.21. The van der Waals surface area contributed by atoms with E-state index in [1.54, 1.807) is 24.3 Å². The fraction of sp³-hybridized carbons (Fsp3) is 0.455. The predicted octanol–water partition coefficient (Wildman–Crippen LogP) is 4.55. The Morgan fingerprint density at radius 2 is 1.23 bits per heavy atom. The third-order valence-electron chi connectivity index (χ3n) is 4.75. The second-order valence-corrected chi connectivity index (χ2v) is 16.2. The normalized spacial score (nSPS) is 11.0. The van der Waals surface area contributed by atoms with Gasteiger partial charge in [0.25, 0.3) is 0 Å². The number of nitrogens with zero attached hydrogens (tertiary/aromatic N) is 2. The van der Waals surface area contributed by atoms with Crippen LogP contribution in [-0.4, -0.2) is 55.3 Å². The van der Waals surface area contributed by atoms with Gasteiger partial charge in [0.05, 0.1) is 0 Å². The van der Waals surface area contributed by atoms with Crippen LogP contribution in [-0.2, 0) is 6.15 Å². The molecule has 0 saturated heterocycles. The average Bonchev–Trinajstić information content (AvgIpc) is 2.81. The van der Waals surface area contributed by atoms with Crippen molar-refractivity contribution in [2.75, 3.05) is 14.2 Å². The van der Waals surface area contributed by atoms with Crippen LogP contribution in [0, 0.1) is 0 Å². The van der Waals surface area contributed by atoms with Crippen molar-refractivity contribution in [3.8, 4) is 11.8 Å². The molecule has 0 aromatic carbocycles. The minimum absolute atomic E-state index is 0.180. The van der Waals surface area contributed by atoms with Gasteiger partial charge in [-0.15, -0.1) is 0 Å². The fourth-order valence-corrected chi connectivity index (χ4v) is 12.8. The first-order chi connectivity index (χ1) is 15.0. The van der Waals surface area contributed by atoms with E-state index in [1.165, 1.54) is 26.6 Å². The molecule has 0 amide bonds. The quantitative estimate of drug-likeness (QED) is 0.364. The van der Waals surface area contributed by atoms with E-state index in [9.17, 15) is 9.59 Å².